The highest BCUT2D eigenvalue weighted by Crippen LogP contribution is 2.30. The number of hydrogen-bond acceptors (Lipinski definition) is 5. The number of nitrogen functional groups attached to an aromatic ring is 1. The Labute approximate surface area is 99.0 Å². The molecule has 6 heteroatoms. The molecule has 0 saturated heterocycles. The van der Waals surface area contributed by atoms with Crippen molar-refractivity contribution in [2.24, 2.45) is 7.05 Å². The molecule has 0 fully saturated rings. The first-order valence-electron chi connectivity index (χ1n) is 5.58. The molecule has 1 aromatic carbocycles. The fourth-order valence-electron chi connectivity index (χ4n) is 2.21. The van der Waals surface area contributed by atoms with Crippen LogP contribution >= 0.6 is 0 Å². The monoisotopic (exact) mass is 230 g/mol. The summed E-state index contributed by atoms with van der Waals surface area (Å²) in [7, 11) is 1.77. The third-order valence-electron chi connectivity index (χ3n) is 2.98. The van der Waals surface area contributed by atoms with E-state index in [0.29, 0.717) is 6.54 Å². The van der Waals surface area contributed by atoms with Gasteiger partial charge in [0.1, 0.15) is 0 Å². The molecule has 1 aromatic heterocycles. The zero-order chi connectivity index (χ0) is 11.8. The molecule has 0 unspecified atom stereocenters. The van der Waals surface area contributed by atoms with Gasteiger partial charge in [0.05, 0.1) is 13.6 Å². The molecular formula is C11H14N6. The Kier molecular flexibility index (Phi) is 2.21. The van der Waals surface area contributed by atoms with Crippen LogP contribution in [0.25, 0.3) is 0 Å². The topological polar surface area (TPSA) is 72.9 Å². The molecule has 0 radical (unpaired) electrons. The van der Waals surface area contributed by atoms with Crippen molar-refractivity contribution in [3.63, 3.8) is 0 Å². The maximum absolute atomic E-state index is 5.78. The quantitative estimate of drug-likeness (QED) is 0.754. The van der Waals surface area contributed by atoms with Crippen LogP contribution in [0.5, 0.6) is 0 Å². The predicted molar refractivity (Wildman–Crippen MR) is 64.4 cm³/mol. The molecule has 1 aliphatic rings. The number of aryl methyl sites for hydroxylation is 1. The molecule has 0 amide bonds. The van der Waals surface area contributed by atoms with Gasteiger partial charge in [0.25, 0.3) is 0 Å². The molecule has 3 rings (SSSR count). The van der Waals surface area contributed by atoms with Crippen molar-refractivity contribution in [3.8, 4) is 0 Å². The summed E-state index contributed by atoms with van der Waals surface area (Å²) in [6.45, 7) is 1.68. The van der Waals surface area contributed by atoms with E-state index in [1.54, 1.807) is 7.05 Å². The first-order valence-corrected chi connectivity index (χ1v) is 5.58. The lowest BCUT2D eigenvalue weighted by molar-refractivity contribution is 0.626. The Hall–Kier alpha value is -2.11. The number of aromatic nitrogens is 4. The van der Waals surface area contributed by atoms with Gasteiger partial charge in [-0.15, -0.1) is 10.2 Å². The molecule has 2 aromatic rings. The van der Waals surface area contributed by atoms with Crippen molar-refractivity contribution in [1.29, 1.82) is 0 Å². The van der Waals surface area contributed by atoms with Gasteiger partial charge in [-0.3, -0.25) is 0 Å². The second-order valence-electron chi connectivity index (χ2n) is 4.25. The third kappa shape index (κ3) is 1.82. The van der Waals surface area contributed by atoms with E-state index in [0.717, 1.165) is 24.5 Å². The highest BCUT2D eigenvalue weighted by molar-refractivity contribution is 5.62. The van der Waals surface area contributed by atoms with Crippen LogP contribution in [0.3, 0.4) is 0 Å². The van der Waals surface area contributed by atoms with Crippen LogP contribution in [0.4, 0.5) is 11.4 Å². The Morgan fingerprint density at radius 3 is 3.06 bits per heavy atom. The van der Waals surface area contributed by atoms with Crippen molar-refractivity contribution in [1.82, 2.24) is 20.2 Å². The summed E-state index contributed by atoms with van der Waals surface area (Å²) in [6.07, 6.45) is 1.03. The largest absolute Gasteiger partial charge is 0.399 e. The molecule has 88 valence electrons. The Balaban J connectivity index is 1.84. The van der Waals surface area contributed by atoms with Crippen LogP contribution in [-0.2, 0) is 20.0 Å². The summed E-state index contributed by atoms with van der Waals surface area (Å²) >= 11 is 0. The van der Waals surface area contributed by atoms with Gasteiger partial charge < -0.3 is 10.6 Å². The highest BCUT2D eigenvalue weighted by Gasteiger charge is 2.20. The van der Waals surface area contributed by atoms with E-state index >= 15 is 0 Å². The fourth-order valence-corrected chi connectivity index (χ4v) is 2.21. The Morgan fingerprint density at radius 2 is 2.29 bits per heavy atom. The normalized spacial score (nSPS) is 14.1. The molecule has 2 heterocycles. The van der Waals surface area contributed by atoms with Gasteiger partial charge >= 0.3 is 0 Å². The van der Waals surface area contributed by atoms with Crippen molar-refractivity contribution in [2.75, 3.05) is 17.2 Å². The summed E-state index contributed by atoms with van der Waals surface area (Å²) in [5.74, 6) is 0.747. The zero-order valence-corrected chi connectivity index (χ0v) is 9.67. The van der Waals surface area contributed by atoms with Gasteiger partial charge in [0.15, 0.2) is 5.82 Å². The van der Waals surface area contributed by atoms with Gasteiger partial charge in [-0.25, -0.2) is 0 Å². The van der Waals surface area contributed by atoms with Crippen LogP contribution in [0.15, 0.2) is 18.2 Å². The standard InChI is InChI=1S/C11H14N6/c1-16-14-11(13-15-16)7-17-5-4-8-6-9(12)2-3-10(8)17/h2-3,6H,4-5,7,12H2,1H3. The molecule has 0 bridgehead atoms. The minimum Gasteiger partial charge on any atom is -0.399 e. The van der Waals surface area contributed by atoms with E-state index in [9.17, 15) is 0 Å². The molecule has 6 nitrogen and oxygen atoms in total. The summed E-state index contributed by atoms with van der Waals surface area (Å²) in [6, 6.07) is 6.04. The van der Waals surface area contributed by atoms with Crippen LogP contribution in [0.2, 0.25) is 0 Å². The number of anilines is 2. The van der Waals surface area contributed by atoms with Crippen LogP contribution in [-0.4, -0.2) is 26.8 Å². The zero-order valence-electron chi connectivity index (χ0n) is 9.67. The molecule has 0 saturated carbocycles. The molecule has 1 aliphatic heterocycles. The molecule has 0 spiro atoms. The van der Waals surface area contributed by atoms with E-state index in [1.807, 2.05) is 12.1 Å². The lowest BCUT2D eigenvalue weighted by Gasteiger charge is -2.16. The van der Waals surface area contributed by atoms with Gasteiger partial charge in [0.2, 0.25) is 0 Å². The number of nitrogens with two attached hydrogens (primary N) is 1. The van der Waals surface area contributed by atoms with E-state index in [4.69, 9.17) is 5.73 Å². The number of rotatable bonds is 2. The number of fused-ring (bicyclic) bond motifs is 1. The highest BCUT2D eigenvalue weighted by atomic mass is 15.6. The molecule has 0 aliphatic carbocycles. The fraction of sp³-hybridized carbons (Fsp3) is 0.364. The maximum Gasteiger partial charge on any atom is 0.193 e. The van der Waals surface area contributed by atoms with Crippen molar-refractivity contribution in [3.05, 3.63) is 29.6 Å². The lowest BCUT2D eigenvalue weighted by Crippen LogP contribution is -2.20. The van der Waals surface area contributed by atoms with Crippen LogP contribution < -0.4 is 10.6 Å². The Bertz CT molecular complexity index is 547. The maximum atomic E-state index is 5.78. The van der Waals surface area contributed by atoms with E-state index < -0.39 is 0 Å². The molecule has 17 heavy (non-hydrogen) atoms. The summed E-state index contributed by atoms with van der Waals surface area (Å²) in [5.41, 5.74) is 9.13. The van der Waals surface area contributed by atoms with Crippen molar-refractivity contribution in [2.45, 2.75) is 13.0 Å². The minimum absolute atomic E-state index is 0.699. The summed E-state index contributed by atoms with van der Waals surface area (Å²) in [4.78, 5) is 3.74. The SMILES string of the molecule is Cn1nnc(CN2CCc3cc(N)ccc32)n1. The van der Waals surface area contributed by atoms with Crippen LogP contribution in [0, 0.1) is 0 Å². The van der Waals surface area contributed by atoms with Gasteiger partial charge in [-0.05, 0) is 35.4 Å². The summed E-state index contributed by atoms with van der Waals surface area (Å²) < 4.78 is 0. The van der Waals surface area contributed by atoms with E-state index in [-0.39, 0.29) is 0 Å². The van der Waals surface area contributed by atoms with Gasteiger partial charge in [-0.2, -0.15) is 4.80 Å². The predicted octanol–water partition coefficient (Wildman–Crippen LogP) is 0.355. The van der Waals surface area contributed by atoms with E-state index in [2.05, 4.69) is 26.4 Å². The summed E-state index contributed by atoms with van der Waals surface area (Å²) in [5, 5.41) is 12.0. The third-order valence-corrected chi connectivity index (χ3v) is 2.98. The van der Waals surface area contributed by atoms with Gasteiger partial charge in [-0.1, -0.05) is 0 Å². The van der Waals surface area contributed by atoms with E-state index in [1.165, 1.54) is 16.0 Å². The van der Waals surface area contributed by atoms with Crippen molar-refractivity contribution < 1.29 is 0 Å². The second-order valence-corrected chi connectivity index (χ2v) is 4.25. The first-order chi connectivity index (χ1) is 8.22. The minimum atomic E-state index is 0.699. The second kappa shape index (κ2) is 3.73. The number of hydrogen-bond donors (Lipinski definition) is 1. The number of benzene rings is 1. The average molecular weight is 230 g/mol. The molecule has 0 atom stereocenters. The van der Waals surface area contributed by atoms with Gasteiger partial charge in [0, 0.05) is 17.9 Å². The van der Waals surface area contributed by atoms with Crippen LogP contribution in [0.1, 0.15) is 11.4 Å². The van der Waals surface area contributed by atoms with Crippen molar-refractivity contribution >= 4 is 11.4 Å². The number of tetrazole rings is 1. The number of nitrogens with zero attached hydrogens (tertiary/aromatic N) is 5. The average Bonchev–Trinajstić information content (AvgIpc) is 2.86. The first kappa shape index (κ1) is 10.1. The Morgan fingerprint density at radius 1 is 1.41 bits per heavy atom. The lowest BCUT2D eigenvalue weighted by atomic mass is 10.1. The smallest absolute Gasteiger partial charge is 0.193 e. The molecule has 2 N–H and O–H groups in total. The molecular weight excluding hydrogens is 216 g/mol.